The minimum atomic E-state index is -3.72. The lowest BCUT2D eigenvalue weighted by Gasteiger charge is -2.31. The van der Waals surface area contributed by atoms with Gasteiger partial charge in [-0.3, -0.25) is 14.4 Å². The summed E-state index contributed by atoms with van der Waals surface area (Å²) in [5, 5.41) is 3.70. The molecule has 2 N–H and O–H groups in total. The van der Waals surface area contributed by atoms with Crippen molar-refractivity contribution < 1.29 is 13.2 Å². The highest BCUT2D eigenvalue weighted by Gasteiger charge is 2.25. The number of anilines is 2. The van der Waals surface area contributed by atoms with E-state index in [4.69, 9.17) is 11.6 Å². The van der Waals surface area contributed by atoms with Gasteiger partial charge in [0, 0.05) is 28.9 Å². The molecule has 35 heavy (non-hydrogen) atoms. The monoisotopic (exact) mass is 511 g/mol. The number of carbonyl (C=O) groups is 1. The lowest BCUT2D eigenvalue weighted by atomic mass is 9.95. The summed E-state index contributed by atoms with van der Waals surface area (Å²) in [5.41, 5.74) is 4.31. The third-order valence-corrected chi connectivity index (χ3v) is 8.27. The van der Waals surface area contributed by atoms with Crippen LogP contribution in [0, 0.1) is 19.8 Å². The molecule has 0 spiro atoms. The second-order valence-corrected chi connectivity index (χ2v) is 11.1. The van der Waals surface area contributed by atoms with Crippen LogP contribution < -0.4 is 10.0 Å². The Hall–Kier alpha value is -2.87. The molecular formula is C27H30ClN3O3S. The Balaban J connectivity index is 1.31. The van der Waals surface area contributed by atoms with Gasteiger partial charge in [-0.05, 0) is 98.9 Å². The third kappa shape index (κ3) is 6.42. The highest BCUT2D eigenvalue weighted by molar-refractivity contribution is 7.92. The smallest absolute Gasteiger partial charge is 0.261 e. The van der Waals surface area contributed by atoms with E-state index >= 15 is 0 Å². The average Bonchev–Trinajstić information content (AvgIpc) is 2.83. The number of sulfonamides is 1. The maximum Gasteiger partial charge on any atom is 0.261 e. The van der Waals surface area contributed by atoms with E-state index in [1.165, 1.54) is 12.1 Å². The number of hydrogen-bond acceptors (Lipinski definition) is 4. The molecule has 8 heteroatoms. The molecule has 0 saturated carbocycles. The number of aryl methyl sites for hydroxylation is 2. The van der Waals surface area contributed by atoms with Crippen LogP contribution in [0.25, 0.3) is 0 Å². The molecule has 1 aliphatic rings. The standard InChI is InChI=1S/C27H30ClN3O3S/c1-19-7-8-24(17-20(19)2)30-35(33,34)25-11-9-23(10-12-25)29-27(32)21-13-15-31(16-14-21)18-22-5-3-4-6-26(22)28/h3-12,17,21,30H,13-16,18H2,1-2H3,(H,29,32). The summed E-state index contributed by atoms with van der Waals surface area (Å²) in [6.45, 7) is 6.34. The van der Waals surface area contributed by atoms with E-state index in [1.807, 2.05) is 44.2 Å². The fourth-order valence-electron chi connectivity index (χ4n) is 4.20. The fraction of sp³-hybridized carbons (Fsp3) is 0.296. The van der Waals surface area contributed by atoms with Crippen LogP contribution in [-0.2, 0) is 21.4 Å². The number of benzene rings is 3. The Morgan fingerprint density at radius 1 is 0.943 bits per heavy atom. The van der Waals surface area contributed by atoms with Gasteiger partial charge in [-0.1, -0.05) is 35.9 Å². The van der Waals surface area contributed by atoms with Crippen LogP contribution in [0.4, 0.5) is 11.4 Å². The van der Waals surface area contributed by atoms with Gasteiger partial charge in [0.2, 0.25) is 5.91 Å². The van der Waals surface area contributed by atoms with Crippen molar-refractivity contribution in [3.63, 3.8) is 0 Å². The van der Waals surface area contributed by atoms with Crippen molar-refractivity contribution in [1.82, 2.24) is 4.90 Å². The first-order chi connectivity index (χ1) is 16.7. The maximum absolute atomic E-state index is 12.8. The molecule has 3 aromatic carbocycles. The first kappa shape index (κ1) is 25.2. The lowest BCUT2D eigenvalue weighted by Crippen LogP contribution is -2.37. The Labute approximate surface area is 212 Å². The van der Waals surface area contributed by atoms with Gasteiger partial charge in [-0.15, -0.1) is 0 Å². The van der Waals surface area contributed by atoms with Gasteiger partial charge in [0.15, 0.2) is 0 Å². The van der Waals surface area contributed by atoms with Crippen molar-refractivity contribution in [1.29, 1.82) is 0 Å². The molecule has 0 bridgehead atoms. The van der Waals surface area contributed by atoms with Crippen molar-refractivity contribution in [2.24, 2.45) is 5.92 Å². The fourth-order valence-corrected chi connectivity index (χ4v) is 5.45. The lowest BCUT2D eigenvalue weighted by molar-refractivity contribution is -0.121. The van der Waals surface area contributed by atoms with Crippen LogP contribution in [0.15, 0.2) is 71.6 Å². The van der Waals surface area contributed by atoms with E-state index < -0.39 is 10.0 Å². The zero-order valence-corrected chi connectivity index (χ0v) is 21.5. The van der Waals surface area contributed by atoms with Crippen molar-refractivity contribution in [2.45, 2.75) is 38.1 Å². The Kier molecular flexibility index (Phi) is 7.79. The van der Waals surface area contributed by atoms with Crippen LogP contribution in [0.2, 0.25) is 5.02 Å². The van der Waals surface area contributed by atoms with Crippen LogP contribution >= 0.6 is 11.6 Å². The summed E-state index contributed by atoms with van der Waals surface area (Å²) in [5.74, 6) is -0.112. The number of nitrogens with zero attached hydrogens (tertiary/aromatic N) is 1. The zero-order valence-electron chi connectivity index (χ0n) is 19.9. The topological polar surface area (TPSA) is 78.5 Å². The van der Waals surface area contributed by atoms with E-state index in [0.29, 0.717) is 11.4 Å². The molecule has 1 amide bonds. The number of rotatable bonds is 7. The minimum Gasteiger partial charge on any atom is -0.326 e. The molecule has 1 heterocycles. The zero-order chi connectivity index (χ0) is 25.0. The summed E-state index contributed by atoms with van der Waals surface area (Å²) in [6, 6.07) is 19.5. The minimum absolute atomic E-state index is 0.0359. The molecule has 6 nitrogen and oxygen atoms in total. The molecule has 0 aliphatic carbocycles. The van der Waals surface area contributed by atoms with Gasteiger partial charge in [-0.2, -0.15) is 0 Å². The summed E-state index contributed by atoms with van der Waals surface area (Å²) in [7, 11) is -3.72. The number of halogens is 1. The number of piperidine rings is 1. The van der Waals surface area contributed by atoms with E-state index in [1.54, 1.807) is 24.3 Å². The molecule has 0 atom stereocenters. The summed E-state index contributed by atoms with van der Waals surface area (Å²) in [6.07, 6.45) is 1.53. The van der Waals surface area contributed by atoms with Crippen molar-refractivity contribution in [2.75, 3.05) is 23.1 Å². The molecule has 0 radical (unpaired) electrons. The first-order valence-corrected chi connectivity index (χ1v) is 13.5. The highest BCUT2D eigenvalue weighted by atomic mass is 35.5. The predicted molar refractivity (Wildman–Crippen MR) is 141 cm³/mol. The number of carbonyl (C=O) groups excluding carboxylic acids is 1. The second-order valence-electron chi connectivity index (χ2n) is 9.06. The van der Waals surface area contributed by atoms with Crippen LogP contribution in [0.3, 0.4) is 0 Å². The number of likely N-dealkylation sites (tertiary alicyclic amines) is 1. The third-order valence-electron chi connectivity index (χ3n) is 6.50. The van der Waals surface area contributed by atoms with Gasteiger partial charge in [0.1, 0.15) is 0 Å². The normalized spacial score (nSPS) is 15.1. The Morgan fingerprint density at radius 3 is 2.26 bits per heavy atom. The number of amides is 1. The molecule has 1 aliphatic heterocycles. The van der Waals surface area contributed by atoms with E-state index in [-0.39, 0.29) is 16.7 Å². The van der Waals surface area contributed by atoms with Crippen molar-refractivity contribution in [3.05, 3.63) is 88.4 Å². The van der Waals surface area contributed by atoms with Gasteiger partial charge in [0.05, 0.1) is 4.90 Å². The second kappa shape index (κ2) is 10.8. The van der Waals surface area contributed by atoms with Crippen LogP contribution in [0.1, 0.15) is 29.5 Å². The number of hydrogen-bond donors (Lipinski definition) is 2. The molecule has 1 fully saturated rings. The van der Waals surface area contributed by atoms with Crippen molar-refractivity contribution >= 4 is 38.9 Å². The molecule has 4 rings (SSSR count). The molecule has 0 aromatic heterocycles. The van der Waals surface area contributed by atoms with E-state index in [0.717, 1.165) is 54.2 Å². The van der Waals surface area contributed by atoms with Gasteiger partial charge in [-0.25, -0.2) is 8.42 Å². The van der Waals surface area contributed by atoms with Crippen molar-refractivity contribution in [3.8, 4) is 0 Å². The SMILES string of the molecule is Cc1ccc(NS(=O)(=O)c2ccc(NC(=O)C3CCN(Cc4ccccc4Cl)CC3)cc2)cc1C. The van der Waals surface area contributed by atoms with Crippen LogP contribution in [0.5, 0.6) is 0 Å². The summed E-state index contributed by atoms with van der Waals surface area (Å²) >= 11 is 6.27. The molecule has 1 saturated heterocycles. The Bertz CT molecular complexity index is 1300. The molecule has 0 unspecified atom stereocenters. The largest absolute Gasteiger partial charge is 0.326 e. The van der Waals surface area contributed by atoms with E-state index in [9.17, 15) is 13.2 Å². The first-order valence-electron chi connectivity index (χ1n) is 11.7. The van der Waals surface area contributed by atoms with Gasteiger partial charge < -0.3 is 5.32 Å². The molecular weight excluding hydrogens is 482 g/mol. The highest BCUT2D eigenvalue weighted by Crippen LogP contribution is 2.24. The quantitative estimate of drug-likeness (QED) is 0.432. The summed E-state index contributed by atoms with van der Waals surface area (Å²) in [4.78, 5) is 15.2. The van der Waals surface area contributed by atoms with Gasteiger partial charge in [0.25, 0.3) is 10.0 Å². The summed E-state index contributed by atoms with van der Waals surface area (Å²) < 4.78 is 28.1. The average molecular weight is 512 g/mol. The predicted octanol–water partition coefficient (Wildman–Crippen LogP) is 5.61. The van der Waals surface area contributed by atoms with E-state index in [2.05, 4.69) is 14.9 Å². The maximum atomic E-state index is 12.8. The Morgan fingerprint density at radius 2 is 1.60 bits per heavy atom. The van der Waals surface area contributed by atoms with Crippen LogP contribution in [-0.4, -0.2) is 32.3 Å². The van der Waals surface area contributed by atoms with Gasteiger partial charge >= 0.3 is 0 Å². The number of nitrogens with one attached hydrogen (secondary N) is 2. The molecule has 3 aromatic rings. The molecule has 184 valence electrons.